The van der Waals surface area contributed by atoms with Crippen LogP contribution >= 0.6 is 11.6 Å². The van der Waals surface area contributed by atoms with Crippen molar-refractivity contribution in [3.05, 3.63) is 69.4 Å². The average molecular weight is 581 g/mol. The molecule has 1 atom stereocenters. The third kappa shape index (κ3) is 7.09. The highest BCUT2D eigenvalue weighted by Gasteiger charge is 2.31. The summed E-state index contributed by atoms with van der Waals surface area (Å²) in [7, 11) is 0. The van der Waals surface area contributed by atoms with Crippen molar-refractivity contribution in [1.29, 1.82) is 0 Å². The molecule has 1 aromatic heterocycles. The first kappa shape index (κ1) is 27.9. The molecule has 0 spiro atoms. The number of nitrogens with zero attached hydrogens (tertiary/aromatic N) is 4. The molecule has 1 fully saturated rings. The largest absolute Gasteiger partial charge is 0.573 e. The normalized spacial score (nSPS) is 17.7. The smallest absolute Gasteiger partial charge is 0.488 e. The molecule has 13 heteroatoms. The van der Waals surface area contributed by atoms with Crippen LogP contribution in [0.4, 0.5) is 24.7 Å². The van der Waals surface area contributed by atoms with Crippen LogP contribution in [0.1, 0.15) is 31.2 Å². The van der Waals surface area contributed by atoms with Gasteiger partial charge in [0, 0.05) is 36.7 Å². The number of aromatic nitrogens is 2. The zero-order valence-electron chi connectivity index (χ0n) is 21.5. The summed E-state index contributed by atoms with van der Waals surface area (Å²) < 4.78 is 54.2. The summed E-state index contributed by atoms with van der Waals surface area (Å²) in [5.41, 5.74) is 2.00. The summed E-state index contributed by atoms with van der Waals surface area (Å²) in [5.74, 6) is 0.624. The van der Waals surface area contributed by atoms with Crippen LogP contribution in [0.3, 0.4) is 0 Å². The first-order chi connectivity index (χ1) is 19.1. The molecule has 0 aliphatic carbocycles. The number of aryl methyl sites for hydroxylation is 2. The van der Waals surface area contributed by atoms with Crippen molar-refractivity contribution in [2.45, 2.75) is 51.1 Å². The van der Waals surface area contributed by atoms with Crippen LogP contribution in [0.15, 0.2) is 48.7 Å². The summed E-state index contributed by atoms with van der Waals surface area (Å²) in [6.07, 6.45) is 0.812. The Morgan fingerprint density at radius 1 is 1.10 bits per heavy atom. The molecule has 0 amide bonds. The molecule has 0 N–H and O–H groups in total. The number of fused-ring (bicyclic) bond motifs is 1. The molecule has 2 aliphatic heterocycles. The number of hydrogen-bond donors (Lipinski definition) is 0. The Kier molecular flexibility index (Phi) is 8.24. The number of halogens is 4. The van der Waals surface area contributed by atoms with Crippen molar-refractivity contribution in [2.24, 2.45) is 5.92 Å². The van der Waals surface area contributed by atoms with Crippen LogP contribution in [0, 0.1) is 16.0 Å². The molecule has 1 unspecified atom stereocenters. The fourth-order valence-electron chi connectivity index (χ4n) is 5.03. The van der Waals surface area contributed by atoms with Gasteiger partial charge in [-0.05, 0) is 72.4 Å². The molecule has 0 radical (unpaired) electrons. The van der Waals surface area contributed by atoms with E-state index in [1.54, 1.807) is 16.7 Å². The van der Waals surface area contributed by atoms with E-state index in [-0.39, 0.29) is 30.3 Å². The van der Waals surface area contributed by atoms with Gasteiger partial charge in [-0.3, -0.25) is 4.57 Å². The molecule has 2 aromatic carbocycles. The topological polar surface area (TPSA) is 91.9 Å². The summed E-state index contributed by atoms with van der Waals surface area (Å²) in [5, 5.41) is 11.4. The third-order valence-corrected chi connectivity index (χ3v) is 7.49. The summed E-state index contributed by atoms with van der Waals surface area (Å²) >= 11 is 6.52. The zero-order valence-corrected chi connectivity index (χ0v) is 22.2. The summed E-state index contributed by atoms with van der Waals surface area (Å²) in [6.45, 7) is 2.56. The van der Waals surface area contributed by atoms with Crippen LogP contribution in [-0.4, -0.2) is 46.6 Å². The molecule has 0 saturated carbocycles. The molecule has 3 heterocycles. The van der Waals surface area contributed by atoms with E-state index in [9.17, 15) is 23.3 Å². The number of nitro groups is 1. The van der Waals surface area contributed by atoms with E-state index in [1.807, 2.05) is 18.2 Å². The second-order valence-corrected chi connectivity index (χ2v) is 10.4. The van der Waals surface area contributed by atoms with Gasteiger partial charge in [-0.25, -0.2) is 0 Å². The van der Waals surface area contributed by atoms with Crippen molar-refractivity contribution in [2.75, 3.05) is 24.6 Å². The highest BCUT2D eigenvalue weighted by atomic mass is 35.5. The number of alkyl halides is 3. The van der Waals surface area contributed by atoms with Crippen LogP contribution in [0.2, 0.25) is 5.02 Å². The molecular formula is C27H28ClF3N4O5. The maximum atomic E-state index is 12.3. The van der Waals surface area contributed by atoms with Gasteiger partial charge >= 0.3 is 18.2 Å². The van der Waals surface area contributed by atoms with Crippen LogP contribution in [0.25, 0.3) is 0 Å². The van der Waals surface area contributed by atoms with Gasteiger partial charge in [-0.1, -0.05) is 23.7 Å². The number of benzene rings is 2. The molecule has 40 heavy (non-hydrogen) atoms. The quantitative estimate of drug-likeness (QED) is 0.213. The third-order valence-electron chi connectivity index (χ3n) is 7.20. The lowest BCUT2D eigenvalue weighted by Crippen LogP contribution is -2.33. The van der Waals surface area contributed by atoms with E-state index in [0.29, 0.717) is 29.7 Å². The Morgan fingerprint density at radius 3 is 2.52 bits per heavy atom. The minimum absolute atomic E-state index is 0.205. The van der Waals surface area contributed by atoms with Gasteiger partial charge in [-0.15, -0.1) is 13.2 Å². The lowest BCUT2D eigenvalue weighted by Gasteiger charge is -2.34. The Bertz CT molecular complexity index is 1330. The number of piperidine rings is 1. The molecule has 214 valence electrons. The van der Waals surface area contributed by atoms with Crippen LogP contribution in [-0.2, 0) is 13.0 Å². The van der Waals surface area contributed by atoms with Crippen LogP contribution in [0.5, 0.6) is 17.5 Å². The molecule has 1 saturated heterocycles. The van der Waals surface area contributed by atoms with Crippen molar-refractivity contribution in [1.82, 2.24) is 9.55 Å². The van der Waals surface area contributed by atoms with Crippen molar-refractivity contribution >= 4 is 23.1 Å². The Morgan fingerprint density at radius 2 is 1.85 bits per heavy atom. The molecule has 3 aromatic rings. The van der Waals surface area contributed by atoms with E-state index >= 15 is 0 Å². The number of anilines is 1. The van der Waals surface area contributed by atoms with E-state index in [0.717, 1.165) is 50.0 Å². The van der Waals surface area contributed by atoms with Crippen molar-refractivity contribution < 1.29 is 32.3 Å². The SMILES string of the molecule is O=[N+]([O-])c1cn2c(n1)OC(COc1ccc(N3CCC(CCc4ccc(OC(F)(F)F)cc4)CC3)cc1Cl)CC2. The predicted octanol–water partition coefficient (Wildman–Crippen LogP) is 6.42. The molecule has 0 bridgehead atoms. The molecule has 9 nitrogen and oxygen atoms in total. The lowest BCUT2D eigenvalue weighted by atomic mass is 9.90. The van der Waals surface area contributed by atoms with Gasteiger partial charge in [0.2, 0.25) is 0 Å². The maximum Gasteiger partial charge on any atom is 0.573 e. The zero-order chi connectivity index (χ0) is 28.3. The summed E-state index contributed by atoms with van der Waals surface area (Å²) in [4.78, 5) is 16.6. The monoisotopic (exact) mass is 580 g/mol. The number of imidazole rings is 1. The van der Waals surface area contributed by atoms with E-state index in [4.69, 9.17) is 21.1 Å². The van der Waals surface area contributed by atoms with Gasteiger partial charge in [-0.2, -0.15) is 0 Å². The fraction of sp³-hybridized carbons (Fsp3) is 0.444. The molecule has 2 aliphatic rings. The minimum atomic E-state index is -4.68. The van der Waals surface area contributed by atoms with Gasteiger partial charge in [0.05, 0.1) is 5.02 Å². The van der Waals surface area contributed by atoms with Crippen molar-refractivity contribution in [3.63, 3.8) is 0 Å². The van der Waals surface area contributed by atoms with Gasteiger partial charge in [0.15, 0.2) is 0 Å². The van der Waals surface area contributed by atoms with Gasteiger partial charge in [0.1, 0.15) is 30.4 Å². The lowest BCUT2D eigenvalue weighted by molar-refractivity contribution is -0.389. The second kappa shape index (κ2) is 11.8. The minimum Gasteiger partial charge on any atom is -0.488 e. The van der Waals surface area contributed by atoms with Crippen LogP contribution < -0.4 is 19.1 Å². The first-order valence-corrected chi connectivity index (χ1v) is 13.4. The van der Waals surface area contributed by atoms with E-state index in [2.05, 4.69) is 14.6 Å². The number of rotatable bonds is 9. The Hall–Kier alpha value is -3.67. The Balaban J connectivity index is 1.06. The van der Waals surface area contributed by atoms with Gasteiger partial charge < -0.3 is 29.2 Å². The van der Waals surface area contributed by atoms with Crippen molar-refractivity contribution in [3.8, 4) is 17.5 Å². The highest BCUT2D eigenvalue weighted by Crippen LogP contribution is 2.33. The molecular weight excluding hydrogens is 553 g/mol. The van der Waals surface area contributed by atoms with Gasteiger partial charge in [0.25, 0.3) is 0 Å². The maximum absolute atomic E-state index is 12.3. The second-order valence-electron chi connectivity index (χ2n) is 9.95. The summed E-state index contributed by atoms with van der Waals surface area (Å²) in [6, 6.07) is 12.0. The van der Waals surface area contributed by atoms with E-state index in [1.165, 1.54) is 18.3 Å². The fourth-order valence-corrected chi connectivity index (χ4v) is 5.26. The first-order valence-electron chi connectivity index (χ1n) is 13.0. The highest BCUT2D eigenvalue weighted by molar-refractivity contribution is 6.32. The van der Waals surface area contributed by atoms with E-state index < -0.39 is 11.3 Å². The average Bonchev–Trinajstić information content (AvgIpc) is 3.36. The Labute approximate surface area is 233 Å². The number of ether oxygens (including phenoxy) is 3. The standard InChI is InChI=1S/C27H28ClF3N4O5/c28-23-15-20(5-8-24(23)38-17-22-11-14-34-16-25(35(36)37)32-26(34)39-22)33-12-9-19(10-13-33)2-1-18-3-6-21(7-4-18)40-27(29,30)31/h3-8,15-16,19,22H,1-2,9-14,17H2. The molecule has 5 rings (SSSR count). The number of hydrogen-bond acceptors (Lipinski definition) is 7. The predicted molar refractivity (Wildman–Crippen MR) is 141 cm³/mol.